The van der Waals surface area contributed by atoms with E-state index in [0.717, 1.165) is 18.9 Å². The van der Waals surface area contributed by atoms with Crippen molar-refractivity contribution in [2.75, 3.05) is 13.7 Å². The highest BCUT2D eigenvalue weighted by molar-refractivity contribution is 5.11. The van der Waals surface area contributed by atoms with Crippen molar-refractivity contribution < 1.29 is 17.9 Å². The number of halogens is 3. The number of hydrogen-bond donors (Lipinski definition) is 1. The highest BCUT2D eigenvalue weighted by Crippen LogP contribution is 2.28. The number of aromatic nitrogens is 2. The van der Waals surface area contributed by atoms with E-state index in [1.54, 1.807) is 14.0 Å². The molecule has 0 amide bonds. The molecule has 1 aromatic heterocycles. The van der Waals surface area contributed by atoms with Gasteiger partial charge in [-0.15, -0.1) is 0 Å². The van der Waals surface area contributed by atoms with Crippen molar-refractivity contribution in [1.82, 2.24) is 15.1 Å². The van der Waals surface area contributed by atoms with Crippen LogP contribution in [0.3, 0.4) is 0 Å². The number of nitrogens with one attached hydrogen (secondary N) is 1. The van der Waals surface area contributed by atoms with E-state index in [0.29, 0.717) is 30.9 Å². The van der Waals surface area contributed by atoms with E-state index < -0.39 is 11.9 Å². The molecule has 1 aromatic rings. The van der Waals surface area contributed by atoms with Gasteiger partial charge in [0.1, 0.15) is 0 Å². The van der Waals surface area contributed by atoms with E-state index in [1.165, 1.54) is 4.68 Å². The van der Waals surface area contributed by atoms with E-state index >= 15 is 0 Å². The molecule has 0 saturated heterocycles. The molecule has 1 aliphatic rings. The monoisotopic (exact) mass is 277 g/mol. The van der Waals surface area contributed by atoms with Crippen LogP contribution < -0.4 is 5.32 Å². The molecule has 1 heterocycles. The van der Waals surface area contributed by atoms with E-state index in [4.69, 9.17) is 4.74 Å². The molecule has 1 saturated carbocycles. The van der Waals surface area contributed by atoms with Crippen LogP contribution in [0.15, 0.2) is 6.07 Å². The number of alkyl halides is 3. The van der Waals surface area contributed by atoms with E-state index in [1.807, 2.05) is 0 Å². The van der Waals surface area contributed by atoms with Gasteiger partial charge in [-0.3, -0.25) is 4.68 Å². The zero-order valence-corrected chi connectivity index (χ0v) is 11.0. The largest absolute Gasteiger partial charge is 0.435 e. The maximum Gasteiger partial charge on any atom is 0.435 e. The first kappa shape index (κ1) is 14.3. The van der Waals surface area contributed by atoms with Crippen LogP contribution in [0.25, 0.3) is 0 Å². The lowest BCUT2D eigenvalue weighted by atomic mass is 9.89. The van der Waals surface area contributed by atoms with Crippen molar-refractivity contribution >= 4 is 0 Å². The molecule has 0 spiro atoms. The zero-order chi connectivity index (χ0) is 14.0. The van der Waals surface area contributed by atoms with Crippen molar-refractivity contribution in [3.63, 3.8) is 0 Å². The fourth-order valence-corrected chi connectivity index (χ4v) is 2.17. The molecule has 0 unspecified atom stereocenters. The van der Waals surface area contributed by atoms with Gasteiger partial charge in [0.15, 0.2) is 5.69 Å². The second-order valence-electron chi connectivity index (χ2n) is 4.87. The Balaban J connectivity index is 1.79. The molecule has 19 heavy (non-hydrogen) atoms. The predicted molar refractivity (Wildman–Crippen MR) is 63.8 cm³/mol. The van der Waals surface area contributed by atoms with Crippen LogP contribution in [0.5, 0.6) is 0 Å². The third kappa shape index (κ3) is 3.48. The maximum atomic E-state index is 12.5. The first-order valence-electron chi connectivity index (χ1n) is 6.28. The molecular weight excluding hydrogens is 259 g/mol. The third-order valence-electron chi connectivity index (χ3n) is 3.46. The summed E-state index contributed by atoms with van der Waals surface area (Å²) in [6, 6.07) is 1.48. The molecule has 0 aliphatic heterocycles. The van der Waals surface area contributed by atoms with Crippen LogP contribution in [0.4, 0.5) is 13.2 Å². The van der Waals surface area contributed by atoms with Gasteiger partial charge in [-0.1, -0.05) is 0 Å². The SMILES string of the molecule is COC1CC(NCCn2nc(C(F)(F)F)cc2C)C1. The number of nitrogens with zero attached hydrogens (tertiary/aromatic N) is 2. The number of hydrogen-bond acceptors (Lipinski definition) is 3. The molecule has 1 N–H and O–H groups in total. The number of rotatable bonds is 5. The number of methoxy groups -OCH3 is 1. The average Bonchev–Trinajstić information content (AvgIpc) is 2.63. The Morgan fingerprint density at radius 1 is 1.47 bits per heavy atom. The van der Waals surface area contributed by atoms with Gasteiger partial charge in [-0.2, -0.15) is 18.3 Å². The second kappa shape index (κ2) is 5.50. The van der Waals surface area contributed by atoms with Gasteiger partial charge >= 0.3 is 6.18 Å². The smallest absolute Gasteiger partial charge is 0.381 e. The van der Waals surface area contributed by atoms with Crippen molar-refractivity contribution in [3.8, 4) is 0 Å². The van der Waals surface area contributed by atoms with Crippen LogP contribution in [0, 0.1) is 6.92 Å². The predicted octanol–water partition coefficient (Wildman–Crippen LogP) is 1.98. The van der Waals surface area contributed by atoms with Crippen LogP contribution in [-0.4, -0.2) is 35.6 Å². The normalized spacial score (nSPS) is 23.4. The Morgan fingerprint density at radius 3 is 2.68 bits per heavy atom. The standard InChI is InChI=1S/C12H18F3N3O/c1-8-5-11(12(13,14)15)17-18(8)4-3-16-9-6-10(7-9)19-2/h5,9-10,16H,3-4,6-7H2,1-2H3. The molecule has 0 radical (unpaired) electrons. The lowest BCUT2D eigenvalue weighted by molar-refractivity contribution is -0.141. The van der Waals surface area contributed by atoms with Gasteiger partial charge in [0.25, 0.3) is 0 Å². The van der Waals surface area contributed by atoms with Crippen LogP contribution in [0.1, 0.15) is 24.2 Å². The van der Waals surface area contributed by atoms with Gasteiger partial charge in [0.2, 0.25) is 0 Å². The second-order valence-corrected chi connectivity index (χ2v) is 4.87. The van der Waals surface area contributed by atoms with Crippen molar-refractivity contribution in [2.24, 2.45) is 0 Å². The molecular formula is C12H18F3N3O. The summed E-state index contributed by atoms with van der Waals surface area (Å²) in [7, 11) is 1.69. The molecule has 4 nitrogen and oxygen atoms in total. The highest BCUT2D eigenvalue weighted by atomic mass is 19.4. The molecule has 1 aliphatic carbocycles. The minimum absolute atomic E-state index is 0.320. The van der Waals surface area contributed by atoms with Gasteiger partial charge < -0.3 is 10.1 Å². The van der Waals surface area contributed by atoms with Crippen LogP contribution in [0.2, 0.25) is 0 Å². The summed E-state index contributed by atoms with van der Waals surface area (Å²) < 4.78 is 44.0. The topological polar surface area (TPSA) is 39.1 Å². The Bertz CT molecular complexity index is 424. The van der Waals surface area contributed by atoms with Gasteiger partial charge in [-0.05, 0) is 25.8 Å². The Morgan fingerprint density at radius 2 is 2.16 bits per heavy atom. The zero-order valence-electron chi connectivity index (χ0n) is 11.0. The third-order valence-corrected chi connectivity index (χ3v) is 3.46. The first-order chi connectivity index (χ1) is 8.90. The highest BCUT2D eigenvalue weighted by Gasteiger charge is 2.34. The van der Waals surface area contributed by atoms with Crippen LogP contribution in [-0.2, 0) is 17.5 Å². The molecule has 7 heteroatoms. The van der Waals surface area contributed by atoms with E-state index in [2.05, 4.69) is 10.4 Å². The lowest BCUT2D eigenvalue weighted by Gasteiger charge is -2.34. The van der Waals surface area contributed by atoms with Crippen molar-refractivity contribution in [3.05, 3.63) is 17.5 Å². The molecule has 0 atom stereocenters. The van der Waals surface area contributed by atoms with E-state index in [-0.39, 0.29) is 0 Å². The average molecular weight is 277 g/mol. The fraction of sp³-hybridized carbons (Fsp3) is 0.750. The van der Waals surface area contributed by atoms with Crippen LogP contribution >= 0.6 is 0 Å². The summed E-state index contributed by atoms with van der Waals surface area (Å²) in [5.74, 6) is 0. The summed E-state index contributed by atoms with van der Waals surface area (Å²) in [4.78, 5) is 0. The lowest BCUT2D eigenvalue weighted by Crippen LogP contribution is -2.46. The fourth-order valence-electron chi connectivity index (χ4n) is 2.17. The summed E-state index contributed by atoms with van der Waals surface area (Å²) >= 11 is 0. The van der Waals surface area contributed by atoms with Gasteiger partial charge in [0.05, 0.1) is 12.6 Å². The molecule has 0 aromatic carbocycles. The summed E-state index contributed by atoms with van der Waals surface area (Å²) in [5, 5.41) is 6.86. The molecule has 0 bridgehead atoms. The van der Waals surface area contributed by atoms with Crippen molar-refractivity contribution in [2.45, 2.75) is 44.6 Å². The molecule has 2 rings (SSSR count). The van der Waals surface area contributed by atoms with E-state index in [9.17, 15) is 13.2 Å². The minimum atomic E-state index is -4.37. The first-order valence-corrected chi connectivity index (χ1v) is 6.28. The Labute approximate surface area is 109 Å². The number of aryl methyl sites for hydroxylation is 1. The summed E-state index contributed by atoms with van der Waals surface area (Å²) in [6.07, 6.45) is -2.13. The van der Waals surface area contributed by atoms with Gasteiger partial charge in [-0.25, -0.2) is 0 Å². The summed E-state index contributed by atoms with van der Waals surface area (Å²) in [6.45, 7) is 2.68. The maximum absolute atomic E-state index is 12.5. The Hall–Kier alpha value is -1.08. The quantitative estimate of drug-likeness (QED) is 0.894. The Kier molecular flexibility index (Phi) is 4.15. The summed E-state index contributed by atoms with van der Waals surface area (Å²) in [5.41, 5.74) is -0.300. The number of ether oxygens (including phenoxy) is 1. The minimum Gasteiger partial charge on any atom is -0.381 e. The van der Waals surface area contributed by atoms with Gasteiger partial charge in [0, 0.05) is 25.4 Å². The molecule has 108 valence electrons. The van der Waals surface area contributed by atoms with Crippen molar-refractivity contribution in [1.29, 1.82) is 0 Å². The molecule has 1 fully saturated rings.